The summed E-state index contributed by atoms with van der Waals surface area (Å²) in [6.07, 6.45) is 0.286. The van der Waals surface area contributed by atoms with Crippen LogP contribution in [0.3, 0.4) is 0 Å². The molecular formula is C13H13BrFNO5. The number of nitrogens with zero attached hydrogens (tertiary/aromatic N) is 1. The Kier molecular flexibility index (Phi) is 4.20. The van der Waals surface area contributed by atoms with Gasteiger partial charge in [0.15, 0.2) is 5.60 Å². The third-order valence-electron chi connectivity index (χ3n) is 3.40. The van der Waals surface area contributed by atoms with Gasteiger partial charge in [-0.2, -0.15) is 0 Å². The second-order valence-corrected chi connectivity index (χ2v) is 5.86. The summed E-state index contributed by atoms with van der Waals surface area (Å²) in [5.74, 6) is -3.75. The maximum Gasteiger partial charge on any atom is 0.337 e. The second-order valence-electron chi connectivity index (χ2n) is 4.95. The van der Waals surface area contributed by atoms with E-state index < -0.39 is 41.2 Å². The van der Waals surface area contributed by atoms with Crippen molar-refractivity contribution in [1.82, 2.24) is 4.90 Å². The third kappa shape index (κ3) is 3.01. The van der Waals surface area contributed by atoms with Gasteiger partial charge >= 0.3 is 5.97 Å². The molecule has 0 aromatic heterocycles. The first-order valence-electron chi connectivity index (χ1n) is 6.17. The largest absolute Gasteiger partial charge is 0.507 e. The lowest BCUT2D eigenvalue weighted by Gasteiger charge is -2.36. The van der Waals surface area contributed by atoms with E-state index in [1.165, 1.54) is 6.07 Å². The molecule has 21 heavy (non-hydrogen) atoms. The van der Waals surface area contributed by atoms with Gasteiger partial charge in [-0.25, -0.2) is 9.18 Å². The quantitative estimate of drug-likeness (QED) is 0.738. The maximum atomic E-state index is 13.9. The Morgan fingerprint density at radius 1 is 1.38 bits per heavy atom. The van der Waals surface area contributed by atoms with Crippen molar-refractivity contribution in [3.8, 4) is 5.75 Å². The number of hydrogen-bond donors (Lipinski definition) is 3. The highest BCUT2D eigenvalue weighted by atomic mass is 79.9. The molecule has 1 aliphatic heterocycles. The Hall–Kier alpha value is -1.67. The van der Waals surface area contributed by atoms with Crippen LogP contribution in [0.15, 0.2) is 16.6 Å². The van der Waals surface area contributed by atoms with Gasteiger partial charge in [-0.3, -0.25) is 4.79 Å². The molecule has 1 aromatic rings. The van der Waals surface area contributed by atoms with Crippen molar-refractivity contribution in [3.63, 3.8) is 0 Å². The predicted molar refractivity (Wildman–Crippen MR) is 73.5 cm³/mol. The number of rotatable bonds is 2. The molecular weight excluding hydrogens is 349 g/mol. The van der Waals surface area contributed by atoms with E-state index in [-0.39, 0.29) is 23.9 Å². The lowest BCUT2D eigenvalue weighted by Crippen LogP contribution is -2.54. The number of carbonyl (C=O) groups excluding carboxylic acids is 1. The van der Waals surface area contributed by atoms with Crippen LogP contribution in [0.5, 0.6) is 5.75 Å². The highest BCUT2D eigenvalue weighted by Crippen LogP contribution is 2.29. The van der Waals surface area contributed by atoms with Crippen LogP contribution in [0.4, 0.5) is 4.39 Å². The molecule has 2 rings (SSSR count). The standard InChI is InChI=1S/C13H13BrFNO5/c14-7-4-8(15)10(9(17)5-7)11(18)16-3-1-2-13(21,6-16)12(19)20/h4-5,17,21H,1-3,6H2,(H,19,20). The van der Waals surface area contributed by atoms with Crippen molar-refractivity contribution >= 4 is 27.8 Å². The Labute approximate surface area is 127 Å². The molecule has 0 saturated carbocycles. The average Bonchev–Trinajstić information content (AvgIpc) is 2.37. The molecule has 1 aromatic carbocycles. The van der Waals surface area contributed by atoms with Gasteiger partial charge in [0.25, 0.3) is 5.91 Å². The normalized spacial score (nSPS) is 22.1. The molecule has 1 saturated heterocycles. The van der Waals surface area contributed by atoms with Crippen LogP contribution < -0.4 is 0 Å². The fourth-order valence-electron chi connectivity index (χ4n) is 2.31. The molecule has 8 heteroatoms. The van der Waals surface area contributed by atoms with Crippen molar-refractivity contribution < 1.29 is 29.3 Å². The summed E-state index contributed by atoms with van der Waals surface area (Å²) in [6, 6.07) is 2.20. The van der Waals surface area contributed by atoms with E-state index in [0.717, 1.165) is 11.0 Å². The summed E-state index contributed by atoms with van der Waals surface area (Å²) in [5, 5.41) is 28.7. The monoisotopic (exact) mass is 361 g/mol. The minimum absolute atomic E-state index is 0.0148. The number of phenolic OH excluding ortho intramolecular Hbond substituents is 1. The second kappa shape index (κ2) is 5.61. The summed E-state index contributed by atoms with van der Waals surface area (Å²) >= 11 is 2.99. The van der Waals surface area contributed by atoms with Gasteiger partial charge in [-0.1, -0.05) is 15.9 Å². The number of aliphatic hydroxyl groups is 1. The fraction of sp³-hybridized carbons (Fsp3) is 0.385. The first-order valence-corrected chi connectivity index (χ1v) is 6.97. The number of aliphatic carboxylic acids is 1. The number of amides is 1. The van der Waals surface area contributed by atoms with Gasteiger partial charge in [0, 0.05) is 11.0 Å². The lowest BCUT2D eigenvalue weighted by atomic mass is 9.92. The molecule has 114 valence electrons. The van der Waals surface area contributed by atoms with Crippen LogP contribution in [-0.2, 0) is 4.79 Å². The van der Waals surface area contributed by atoms with Gasteiger partial charge in [0.2, 0.25) is 0 Å². The van der Waals surface area contributed by atoms with E-state index in [1.54, 1.807) is 0 Å². The Bertz CT molecular complexity index is 585. The lowest BCUT2D eigenvalue weighted by molar-refractivity contribution is -0.163. The van der Waals surface area contributed by atoms with Gasteiger partial charge in [0.1, 0.15) is 17.1 Å². The Morgan fingerprint density at radius 2 is 2.05 bits per heavy atom. The van der Waals surface area contributed by atoms with Gasteiger partial charge in [-0.05, 0) is 25.0 Å². The minimum Gasteiger partial charge on any atom is -0.507 e. The van der Waals surface area contributed by atoms with Gasteiger partial charge < -0.3 is 20.2 Å². The van der Waals surface area contributed by atoms with Crippen molar-refractivity contribution in [2.45, 2.75) is 18.4 Å². The van der Waals surface area contributed by atoms with Crippen LogP contribution in [0.25, 0.3) is 0 Å². The van der Waals surface area contributed by atoms with E-state index in [9.17, 15) is 24.2 Å². The van der Waals surface area contributed by atoms with E-state index in [1.807, 2.05) is 0 Å². The number of likely N-dealkylation sites (tertiary alicyclic amines) is 1. The van der Waals surface area contributed by atoms with Crippen molar-refractivity contribution in [1.29, 1.82) is 0 Å². The molecule has 0 spiro atoms. The van der Waals surface area contributed by atoms with Crippen LogP contribution >= 0.6 is 15.9 Å². The molecule has 1 fully saturated rings. The Morgan fingerprint density at radius 3 is 2.62 bits per heavy atom. The van der Waals surface area contributed by atoms with Crippen LogP contribution in [0.2, 0.25) is 0 Å². The number of carbonyl (C=O) groups is 2. The number of benzene rings is 1. The van der Waals surface area contributed by atoms with E-state index in [4.69, 9.17) is 5.11 Å². The van der Waals surface area contributed by atoms with Crippen LogP contribution in [0.1, 0.15) is 23.2 Å². The number of β-amino-alcohol motifs (C(OH)–C–C–N with tert-alkyl or cyclic N) is 1. The highest BCUT2D eigenvalue weighted by molar-refractivity contribution is 9.10. The SMILES string of the molecule is O=C(c1c(O)cc(Br)cc1F)N1CCCC(O)(C(=O)O)C1. The summed E-state index contributed by atoms with van der Waals surface area (Å²) in [7, 11) is 0. The number of carboxylic acid groups (broad SMARTS) is 1. The summed E-state index contributed by atoms with van der Waals surface area (Å²) in [6.45, 7) is -0.264. The summed E-state index contributed by atoms with van der Waals surface area (Å²) in [4.78, 5) is 24.3. The zero-order valence-electron chi connectivity index (χ0n) is 10.8. The summed E-state index contributed by atoms with van der Waals surface area (Å²) in [5.41, 5.74) is -2.58. The molecule has 1 atom stereocenters. The smallest absolute Gasteiger partial charge is 0.337 e. The zero-order chi connectivity index (χ0) is 15.8. The predicted octanol–water partition coefficient (Wildman–Crippen LogP) is 1.35. The maximum absolute atomic E-state index is 13.9. The average molecular weight is 362 g/mol. The molecule has 1 aliphatic rings. The number of piperidine rings is 1. The van der Waals surface area contributed by atoms with Crippen molar-refractivity contribution in [3.05, 3.63) is 28.0 Å². The van der Waals surface area contributed by atoms with Gasteiger partial charge in [-0.15, -0.1) is 0 Å². The minimum atomic E-state index is -2.05. The first kappa shape index (κ1) is 15.7. The first-order chi connectivity index (χ1) is 9.74. The van der Waals surface area contributed by atoms with E-state index >= 15 is 0 Å². The topological polar surface area (TPSA) is 98.1 Å². The fourth-order valence-corrected chi connectivity index (χ4v) is 2.73. The summed E-state index contributed by atoms with van der Waals surface area (Å²) < 4.78 is 14.1. The van der Waals surface area contributed by atoms with Crippen LogP contribution in [0, 0.1) is 5.82 Å². The Balaban J connectivity index is 2.31. The van der Waals surface area contributed by atoms with Crippen molar-refractivity contribution in [2.75, 3.05) is 13.1 Å². The molecule has 1 heterocycles. The van der Waals surface area contributed by atoms with Gasteiger partial charge in [0.05, 0.1) is 6.54 Å². The third-order valence-corrected chi connectivity index (χ3v) is 3.86. The highest BCUT2D eigenvalue weighted by Gasteiger charge is 2.42. The molecule has 0 bridgehead atoms. The number of hydrogen-bond acceptors (Lipinski definition) is 4. The molecule has 3 N–H and O–H groups in total. The molecule has 1 unspecified atom stereocenters. The number of carboxylic acids is 1. The number of aromatic hydroxyl groups is 1. The van der Waals surface area contributed by atoms with E-state index in [0.29, 0.717) is 0 Å². The van der Waals surface area contributed by atoms with E-state index in [2.05, 4.69) is 15.9 Å². The molecule has 0 aliphatic carbocycles. The van der Waals surface area contributed by atoms with Crippen molar-refractivity contribution in [2.24, 2.45) is 0 Å². The van der Waals surface area contributed by atoms with Crippen LogP contribution in [-0.4, -0.2) is 50.8 Å². The molecule has 6 nitrogen and oxygen atoms in total. The number of halogens is 2. The molecule has 1 amide bonds. The number of phenols is 1. The molecule has 0 radical (unpaired) electrons. The zero-order valence-corrected chi connectivity index (χ0v) is 12.4.